The minimum Gasteiger partial charge on any atom is -0.480 e. The summed E-state index contributed by atoms with van der Waals surface area (Å²) in [5, 5.41) is 8.96. The normalized spacial score (nSPS) is 13.4. The lowest BCUT2D eigenvalue weighted by Crippen LogP contribution is -2.41. The molecule has 0 aliphatic rings. The number of carbonyl (C=O) groups is 1. The van der Waals surface area contributed by atoms with Crippen LogP contribution in [-0.4, -0.2) is 25.5 Å². The van der Waals surface area contributed by atoms with E-state index >= 15 is 0 Å². The van der Waals surface area contributed by atoms with Crippen LogP contribution >= 0.6 is 0 Å². The fourth-order valence-electron chi connectivity index (χ4n) is 1.61. The summed E-state index contributed by atoms with van der Waals surface area (Å²) in [7, 11) is -4.45. The molecule has 5 nitrogen and oxygen atoms in total. The van der Waals surface area contributed by atoms with Gasteiger partial charge >= 0.3 is 5.97 Å². The molecule has 0 spiro atoms. The number of nitrogens with one attached hydrogen (secondary N) is 1. The van der Waals surface area contributed by atoms with Gasteiger partial charge in [-0.1, -0.05) is 19.9 Å². The zero-order valence-corrected chi connectivity index (χ0v) is 11.7. The Morgan fingerprint density at radius 1 is 1.35 bits per heavy atom. The summed E-state index contributed by atoms with van der Waals surface area (Å²) in [6.45, 7) is 3.43. The summed E-state index contributed by atoms with van der Waals surface area (Å²) < 4.78 is 52.2. The number of benzene rings is 1. The van der Waals surface area contributed by atoms with E-state index in [4.69, 9.17) is 5.11 Å². The molecule has 0 radical (unpaired) electrons. The minimum atomic E-state index is -4.45. The summed E-state index contributed by atoms with van der Waals surface area (Å²) in [6, 6.07) is 1.28. The Balaban J connectivity index is 3.10. The van der Waals surface area contributed by atoms with E-state index in [0.717, 1.165) is 18.2 Å². The second-order valence-corrected chi connectivity index (χ2v) is 6.38. The van der Waals surface area contributed by atoms with Crippen LogP contribution < -0.4 is 4.72 Å². The fraction of sp³-hybridized carbons (Fsp3) is 0.417. The minimum absolute atomic E-state index is 0.0332. The van der Waals surface area contributed by atoms with Crippen LogP contribution in [0.25, 0.3) is 0 Å². The van der Waals surface area contributed by atoms with Crippen molar-refractivity contribution in [1.29, 1.82) is 0 Å². The lowest BCUT2D eigenvalue weighted by molar-refractivity contribution is -0.139. The molecule has 20 heavy (non-hydrogen) atoms. The SMILES string of the molecule is CC(C)CC(NS(=O)(=O)c1cccc(F)c1F)C(=O)O. The zero-order valence-electron chi connectivity index (χ0n) is 10.9. The van der Waals surface area contributed by atoms with E-state index in [1.165, 1.54) is 0 Å². The van der Waals surface area contributed by atoms with Gasteiger partial charge in [-0.05, 0) is 24.5 Å². The summed E-state index contributed by atoms with van der Waals surface area (Å²) in [5.74, 6) is -4.31. The standard InChI is InChI=1S/C12H15F2NO4S/c1-7(2)6-9(12(16)17)15-20(18,19)10-5-3-4-8(13)11(10)14/h3-5,7,9,15H,6H2,1-2H3,(H,16,17). The largest absolute Gasteiger partial charge is 0.480 e. The van der Waals surface area contributed by atoms with Crippen LogP contribution in [0.3, 0.4) is 0 Å². The van der Waals surface area contributed by atoms with E-state index in [0.29, 0.717) is 0 Å². The molecule has 0 saturated carbocycles. The Labute approximate surface area is 115 Å². The highest BCUT2D eigenvalue weighted by molar-refractivity contribution is 7.89. The molecule has 0 saturated heterocycles. The number of aliphatic carboxylic acids is 1. The van der Waals surface area contributed by atoms with E-state index in [-0.39, 0.29) is 12.3 Å². The maximum atomic E-state index is 13.5. The maximum Gasteiger partial charge on any atom is 0.321 e. The van der Waals surface area contributed by atoms with Crippen molar-refractivity contribution in [1.82, 2.24) is 4.72 Å². The quantitative estimate of drug-likeness (QED) is 0.838. The Morgan fingerprint density at radius 3 is 2.45 bits per heavy atom. The average molecular weight is 307 g/mol. The highest BCUT2D eigenvalue weighted by Gasteiger charge is 2.28. The lowest BCUT2D eigenvalue weighted by Gasteiger charge is -2.16. The van der Waals surface area contributed by atoms with Gasteiger partial charge in [-0.25, -0.2) is 17.2 Å². The van der Waals surface area contributed by atoms with Crippen molar-refractivity contribution in [3.05, 3.63) is 29.8 Å². The molecule has 1 aromatic rings. The van der Waals surface area contributed by atoms with Crippen molar-refractivity contribution in [2.75, 3.05) is 0 Å². The van der Waals surface area contributed by atoms with E-state index in [1.807, 2.05) is 4.72 Å². The van der Waals surface area contributed by atoms with Gasteiger partial charge in [-0.15, -0.1) is 0 Å². The van der Waals surface area contributed by atoms with Gasteiger partial charge in [0.05, 0.1) is 0 Å². The van der Waals surface area contributed by atoms with E-state index in [2.05, 4.69) is 0 Å². The van der Waals surface area contributed by atoms with Crippen LogP contribution in [0.4, 0.5) is 8.78 Å². The van der Waals surface area contributed by atoms with E-state index in [9.17, 15) is 22.0 Å². The molecule has 1 unspecified atom stereocenters. The number of sulfonamides is 1. The predicted molar refractivity (Wildman–Crippen MR) is 67.6 cm³/mol. The van der Waals surface area contributed by atoms with E-state index in [1.54, 1.807) is 13.8 Å². The smallest absolute Gasteiger partial charge is 0.321 e. The third-order valence-corrected chi connectivity index (χ3v) is 4.00. The molecule has 0 amide bonds. The first-order chi connectivity index (χ1) is 9.15. The summed E-state index contributed by atoms with van der Waals surface area (Å²) in [4.78, 5) is 10.1. The first-order valence-electron chi connectivity index (χ1n) is 5.84. The molecule has 0 bridgehead atoms. The van der Waals surface area contributed by atoms with Crippen molar-refractivity contribution in [2.45, 2.75) is 31.2 Å². The van der Waals surface area contributed by atoms with Gasteiger partial charge in [0.15, 0.2) is 11.6 Å². The number of rotatable bonds is 6. The first-order valence-corrected chi connectivity index (χ1v) is 7.32. The molecule has 2 N–H and O–H groups in total. The zero-order chi connectivity index (χ0) is 15.5. The lowest BCUT2D eigenvalue weighted by atomic mass is 10.1. The second kappa shape index (κ2) is 6.27. The fourth-order valence-corrected chi connectivity index (χ4v) is 2.90. The van der Waals surface area contributed by atoms with E-state index < -0.39 is 38.6 Å². The second-order valence-electron chi connectivity index (χ2n) is 4.69. The molecule has 8 heteroatoms. The summed E-state index contributed by atoms with van der Waals surface area (Å²) >= 11 is 0. The summed E-state index contributed by atoms with van der Waals surface area (Å²) in [6.07, 6.45) is 0.0332. The maximum absolute atomic E-state index is 13.5. The van der Waals surface area contributed by atoms with Crippen molar-refractivity contribution in [3.63, 3.8) is 0 Å². The molecule has 1 rings (SSSR count). The molecule has 0 heterocycles. The van der Waals surface area contributed by atoms with Gasteiger partial charge < -0.3 is 5.11 Å². The number of hydrogen-bond acceptors (Lipinski definition) is 3. The highest BCUT2D eigenvalue weighted by Crippen LogP contribution is 2.18. The molecule has 0 fully saturated rings. The Morgan fingerprint density at radius 2 is 1.95 bits per heavy atom. The Bertz CT molecular complexity index is 601. The van der Waals surface area contributed by atoms with Gasteiger partial charge in [-0.3, -0.25) is 4.79 Å². The number of halogens is 2. The molecular weight excluding hydrogens is 292 g/mol. The first kappa shape index (κ1) is 16.5. The monoisotopic (exact) mass is 307 g/mol. The third kappa shape index (κ3) is 3.97. The topological polar surface area (TPSA) is 83.5 Å². The van der Waals surface area contributed by atoms with Gasteiger partial charge in [0.25, 0.3) is 0 Å². The molecule has 0 aliphatic carbocycles. The van der Waals surface area contributed by atoms with Crippen LogP contribution in [0.5, 0.6) is 0 Å². The van der Waals surface area contributed by atoms with Crippen LogP contribution in [-0.2, 0) is 14.8 Å². The van der Waals surface area contributed by atoms with Crippen LogP contribution in [0, 0.1) is 17.6 Å². The van der Waals surface area contributed by atoms with Crippen LogP contribution in [0.1, 0.15) is 20.3 Å². The van der Waals surface area contributed by atoms with Gasteiger partial charge in [-0.2, -0.15) is 4.72 Å². The molecule has 112 valence electrons. The van der Waals surface area contributed by atoms with Crippen molar-refractivity contribution < 1.29 is 27.1 Å². The molecule has 1 aromatic carbocycles. The molecular formula is C12H15F2NO4S. The van der Waals surface area contributed by atoms with Crippen molar-refractivity contribution in [2.24, 2.45) is 5.92 Å². The number of carboxylic acids is 1. The van der Waals surface area contributed by atoms with Gasteiger partial charge in [0.2, 0.25) is 10.0 Å². The Hall–Kier alpha value is -1.54. The van der Waals surface area contributed by atoms with Crippen LogP contribution in [0.15, 0.2) is 23.1 Å². The van der Waals surface area contributed by atoms with Gasteiger partial charge in [0.1, 0.15) is 10.9 Å². The molecule has 1 atom stereocenters. The number of hydrogen-bond donors (Lipinski definition) is 2. The van der Waals surface area contributed by atoms with Crippen molar-refractivity contribution in [3.8, 4) is 0 Å². The third-order valence-electron chi connectivity index (χ3n) is 2.51. The predicted octanol–water partition coefficient (Wildman–Crippen LogP) is 1.74. The Kier molecular flexibility index (Phi) is 5.18. The molecule has 0 aromatic heterocycles. The van der Waals surface area contributed by atoms with Crippen molar-refractivity contribution >= 4 is 16.0 Å². The number of carboxylic acid groups (broad SMARTS) is 1. The van der Waals surface area contributed by atoms with Crippen LogP contribution in [0.2, 0.25) is 0 Å². The highest BCUT2D eigenvalue weighted by atomic mass is 32.2. The van der Waals surface area contributed by atoms with Gasteiger partial charge in [0, 0.05) is 0 Å². The molecule has 0 aliphatic heterocycles. The average Bonchev–Trinajstić information content (AvgIpc) is 2.30. The summed E-state index contributed by atoms with van der Waals surface area (Å²) in [5.41, 5.74) is 0.